The molecule has 0 unspecified atom stereocenters. The molecular formula is C22H22N2. The molecule has 0 radical (unpaired) electrons. The van der Waals surface area contributed by atoms with E-state index in [1.54, 1.807) is 0 Å². The van der Waals surface area contributed by atoms with Crippen LogP contribution >= 0.6 is 0 Å². The van der Waals surface area contributed by atoms with E-state index in [-0.39, 0.29) is 0 Å². The van der Waals surface area contributed by atoms with Gasteiger partial charge in [0.05, 0.1) is 12.1 Å². The van der Waals surface area contributed by atoms with Gasteiger partial charge in [-0.25, -0.2) is 0 Å². The Morgan fingerprint density at radius 1 is 0.625 bits per heavy atom. The lowest BCUT2D eigenvalue weighted by molar-refractivity contribution is 0.789. The first-order valence-corrected chi connectivity index (χ1v) is 8.43. The molecule has 2 nitrogen and oxygen atoms in total. The summed E-state index contributed by atoms with van der Waals surface area (Å²) in [6.45, 7) is 0. The molecule has 0 aliphatic rings. The third-order valence-corrected chi connectivity index (χ3v) is 4.10. The number of rotatable bonds is 8. The van der Waals surface area contributed by atoms with Crippen molar-refractivity contribution >= 4 is 0 Å². The van der Waals surface area contributed by atoms with Crippen LogP contribution in [0.4, 0.5) is 0 Å². The van der Waals surface area contributed by atoms with Gasteiger partial charge in [-0.2, -0.15) is 10.5 Å². The number of nitrogens with zero attached hydrogens (tertiary/aromatic N) is 2. The molecule has 2 heteroatoms. The average Bonchev–Trinajstić information content (AvgIpc) is 2.65. The second-order valence-corrected chi connectivity index (χ2v) is 5.86. The van der Waals surface area contributed by atoms with Gasteiger partial charge in [0, 0.05) is 11.1 Å². The summed E-state index contributed by atoms with van der Waals surface area (Å²) in [6.07, 6.45) is 5.04. The van der Waals surface area contributed by atoms with Crippen LogP contribution in [0.1, 0.15) is 36.8 Å². The number of hydrogen-bond donors (Lipinski definition) is 0. The minimum atomic E-state index is 0.654. The molecule has 0 aliphatic carbocycles. The van der Waals surface area contributed by atoms with Crippen molar-refractivity contribution in [3.8, 4) is 12.1 Å². The Balaban J connectivity index is 1.86. The largest absolute Gasteiger partial charge is 0.193 e. The van der Waals surface area contributed by atoms with Crippen LogP contribution in [0.3, 0.4) is 0 Å². The van der Waals surface area contributed by atoms with E-state index >= 15 is 0 Å². The summed E-state index contributed by atoms with van der Waals surface area (Å²) >= 11 is 0. The monoisotopic (exact) mass is 314 g/mol. The topological polar surface area (TPSA) is 47.6 Å². The summed E-state index contributed by atoms with van der Waals surface area (Å²) in [6, 6.07) is 25.0. The van der Waals surface area contributed by atoms with E-state index < -0.39 is 0 Å². The van der Waals surface area contributed by atoms with E-state index in [0.717, 1.165) is 25.7 Å². The standard InChI is InChI=1S/C22H22N2/c23-17-21(15-7-13-19-9-3-1-4-10-19)22(18-24)16-8-14-20-11-5-2-6-12-20/h1-6,9-12H,7-8,13-16H2/b22-21-. The molecule has 0 fully saturated rings. The van der Waals surface area contributed by atoms with Crippen LogP contribution in [0.5, 0.6) is 0 Å². The summed E-state index contributed by atoms with van der Waals surface area (Å²) in [5.41, 5.74) is 3.86. The van der Waals surface area contributed by atoms with Crippen molar-refractivity contribution < 1.29 is 0 Å². The van der Waals surface area contributed by atoms with Crippen LogP contribution in [-0.2, 0) is 12.8 Å². The molecule has 120 valence electrons. The highest BCUT2D eigenvalue weighted by molar-refractivity contribution is 5.36. The minimum Gasteiger partial charge on any atom is -0.193 e. The van der Waals surface area contributed by atoms with E-state index in [9.17, 15) is 10.5 Å². The normalized spacial score (nSPS) is 11.2. The molecule has 0 saturated heterocycles. The summed E-state index contributed by atoms with van der Waals surface area (Å²) in [7, 11) is 0. The average molecular weight is 314 g/mol. The fourth-order valence-electron chi connectivity index (χ4n) is 2.78. The van der Waals surface area contributed by atoms with Crippen LogP contribution in [0, 0.1) is 22.7 Å². The van der Waals surface area contributed by atoms with Gasteiger partial charge in [0.25, 0.3) is 0 Å². The van der Waals surface area contributed by atoms with Crippen molar-refractivity contribution in [2.24, 2.45) is 0 Å². The molecule has 0 saturated carbocycles. The van der Waals surface area contributed by atoms with Gasteiger partial charge in [-0.05, 0) is 49.7 Å². The van der Waals surface area contributed by atoms with Crippen molar-refractivity contribution in [3.05, 3.63) is 82.9 Å². The molecule has 0 amide bonds. The second-order valence-electron chi connectivity index (χ2n) is 5.86. The minimum absolute atomic E-state index is 0.654. The van der Waals surface area contributed by atoms with Crippen molar-refractivity contribution in [1.29, 1.82) is 10.5 Å². The number of nitriles is 2. The molecule has 0 N–H and O–H groups in total. The molecule has 2 rings (SSSR count). The molecular weight excluding hydrogens is 292 g/mol. The molecule has 0 atom stereocenters. The van der Waals surface area contributed by atoms with E-state index in [0.29, 0.717) is 24.0 Å². The van der Waals surface area contributed by atoms with Gasteiger partial charge >= 0.3 is 0 Å². The van der Waals surface area contributed by atoms with E-state index in [4.69, 9.17) is 0 Å². The summed E-state index contributed by atoms with van der Waals surface area (Å²) in [4.78, 5) is 0. The highest BCUT2D eigenvalue weighted by Gasteiger charge is 2.07. The predicted octanol–water partition coefficient (Wildman–Crippen LogP) is 5.38. The Bertz CT molecular complexity index is 666. The summed E-state index contributed by atoms with van der Waals surface area (Å²) < 4.78 is 0. The van der Waals surface area contributed by atoms with Crippen LogP contribution in [-0.4, -0.2) is 0 Å². The maximum absolute atomic E-state index is 9.38. The third-order valence-electron chi connectivity index (χ3n) is 4.10. The number of benzene rings is 2. The van der Waals surface area contributed by atoms with Gasteiger partial charge < -0.3 is 0 Å². The Morgan fingerprint density at radius 2 is 1.00 bits per heavy atom. The molecule has 0 aromatic heterocycles. The van der Waals surface area contributed by atoms with Gasteiger partial charge in [-0.1, -0.05) is 60.7 Å². The maximum atomic E-state index is 9.38. The fourth-order valence-corrected chi connectivity index (χ4v) is 2.78. The summed E-state index contributed by atoms with van der Waals surface area (Å²) in [5, 5.41) is 18.8. The van der Waals surface area contributed by atoms with Gasteiger partial charge in [-0.3, -0.25) is 0 Å². The van der Waals surface area contributed by atoms with Crippen molar-refractivity contribution in [2.75, 3.05) is 0 Å². The fraction of sp³-hybridized carbons (Fsp3) is 0.273. The van der Waals surface area contributed by atoms with E-state index in [2.05, 4.69) is 36.4 Å². The predicted molar refractivity (Wildman–Crippen MR) is 97.0 cm³/mol. The van der Waals surface area contributed by atoms with Crippen LogP contribution in [0.15, 0.2) is 71.8 Å². The van der Waals surface area contributed by atoms with Gasteiger partial charge in [-0.15, -0.1) is 0 Å². The van der Waals surface area contributed by atoms with E-state index in [1.807, 2.05) is 36.4 Å². The highest BCUT2D eigenvalue weighted by atomic mass is 14.3. The molecule has 24 heavy (non-hydrogen) atoms. The SMILES string of the molecule is N#C/C(CCCc1ccccc1)=C(\C#N)CCCc1ccccc1. The molecule has 2 aromatic rings. The lowest BCUT2D eigenvalue weighted by Crippen LogP contribution is -1.94. The highest BCUT2D eigenvalue weighted by Crippen LogP contribution is 2.18. The maximum Gasteiger partial charge on any atom is 0.0957 e. The van der Waals surface area contributed by atoms with Crippen molar-refractivity contribution in [3.63, 3.8) is 0 Å². The molecule has 0 aliphatic heterocycles. The number of allylic oxidation sites excluding steroid dienone is 2. The van der Waals surface area contributed by atoms with Crippen LogP contribution in [0.25, 0.3) is 0 Å². The Labute approximate surface area is 144 Å². The molecule has 0 heterocycles. The Kier molecular flexibility index (Phi) is 7.32. The Hall–Kier alpha value is -2.84. The van der Waals surface area contributed by atoms with Crippen molar-refractivity contribution in [2.45, 2.75) is 38.5 Å². The Morgan fingerprint density at radius 3 is 1.33 bits per heavy atom. The quantitative estimate of drug-likeness (QED) is 0.614. The van der Waals surface area contributed by atoms with Gasteiger partial charge in [0.2, 0.25) is 0 Å². The smallest absolute Gasteiger partial charge is 0.0957 e. The number of aryl methyl sites for hydroxylation is 2. The van der Waals surface area contributed by atoms with Crippen LogP contribution < -0.4 is 0 Å². The van der Waals surface area contributed by atoms with E-state index in [1.165, 1.54) is 11.1 Å². The first kappa shape index (κ1) is 17.5. The zero-order chi connectivity index (χ0) is 17.0. The first-order valence-electron chi connectivity index (χ1n) is 8.43. The lowest BCUT2D eigenvalue weighted by Gasteiger charge is -2.05. The number of hydrogen-bond acceptors (Lipinski definition) is 2. The van der Waals surface area contributed by atoms with Gasteiger partial charge in [0.1, 0.15) is 0 Å². The second kappa shape index (κ2) is 10.0. The first-order chi connectivity index (χ1) is 11.8. The zero-order valence-corrected chi connectivity index (χ0v) is 13.9. The lowest BCUT2D eigenvalue weighted by atomic mass is 9.97. The molecule has 0 spiro atoms. The third kappa shape index (κ3) is 5.75. The van der Waals surface area contributed by atoms with Gasteiger partial charge in [0.15, 0.2) is 0 Å². The zero-order valence-electron chi connectivity index (χ0n) is 13.9. The molecule has 2 aromatic carbocycles. The molecule has 0 bridgehead atoms. The summed E-state index contributed by atoms with van der Waals surface area (Å²) in [5.74, 6) is 0. The van der Waals surface area contributed by atoms with Crippen LogP contribution in [0.2, 0.25) is 0 Å². The van der Waals surface area contributed by atoms with Crippen molar-refractivity contribution in [1.82, 2.24) is 0 Å².